The summed E-state index contributed by atoms with van der Waals surface area (Å²) in [7, 11) is 1.58. The van der Waals surface area contributed by atoms with Gasteiger partial charge in [0, 0.05) is 5.56 Å². The number of nitrogens with zero attached hydrogens (tertiary/aromatic N) is 4. The lowest BCUT2D eigenvalue weighted by molar-refractivity contribution is 0.102. The lowest BCUT2D eigenvalue weighted by Crippen LogP contribution is -2.05. The van der Waals surface area contributed by atoms with Gasteiger partial charge in [-0.1, -0.05) is 36.0 Å². The van der Waals surface area contributed by atoms with Gasteiger partial charge in [0.15, 0.2) is 5.78 Å². The zero-order valence-corrected chi connectivity index (χ0v) is 14.2. The minimum Gasteiger partial charge on any atom is -0.497 e. The predicted octanol–water partition coefficient (Wildman–Crippen LogP) is 2.95. The molecule has 2 aromatic carbocycles. The second kappa shape index (κ2) is 7.27. The number of carbonyl (C=O) groups is 1. The summed E-state index contributed by atoms with van der Waals surface area (Å²) in [5.74, 6) is 0.910. The van der Waals surface area contributed by atoms with Crippen LogP contribution < -0.4 is 4.74 Å². The SMILES string of the molecule is COc1cccc(C(=O)CSc2nnnn2-c2cccc(C)c2)c1. The maximum Gasteiger partial charge on any atom is 0.214 e. The highest BCUT2D eigenvalue weighted by atomic mass is 32.2. The summed E-state index contributed by atoms with van der Waals surface area (Å²) < 4.78 is 6.78. The van der Waals surface area contributed by atoms with Gasteiger partial charge in [0.2, 0.25) is 5.16 Å². The first-order valence-electron chi connectivity index (χ1n) is 7.33. The van der Waals surface area contributed by atoms with Crippen LogP contribution in [0.5, 0.6) is 5.75 Å². The number of tetrazole rings is 1. The summed E-state index contributed by atoms with van der Waals surface area (Å²) in [6.45, 7) is 2.01. The minimum atomic E-state index is -0.00214. The van der Waals surface area contributed by atoms with Gasteiger partial charge < -0.3 is 4.74 Å². The minimum absolute atomic E-state index is 0.00214. The zero-order valence-electron chi connectivity index (χ0n) is 13.3. The third kappa shape index (κ3) is 3.62. The molecular formula is C17H16N4O2S. The lowest BCUT2D eigenvalue weighted by atomic mass is 10.1. The Kier molecular flexibility index (Phi) is 4.90. The third-order valence-electron chi connectivity index (χ3n) is 3.41. The number of hydrogen-bond donors (Lipinski definition) is 0. The van der Waals surface area contributed by atoms with Crippen molar-refractivity contribution in [2.45, 2.75) is 12.1 Å². The van der Waals surface area contributed by atoms with Crippen molar-refractivity contribution >= 4 is 17.5 Å². The Morgan fingerprint density at radius 1 is 1.21 bits per heavy atom. The molecule has 3 aromatic rings. The summed E-state index contributed by atoms with van der Waals surface area (Å²) in [6, 6.07) is 15.0. The first kappa shape index (κ1) is 16.2. The predicted molar refractivity (Wildman–Crippen MR) is 91.9 cm³/mol. The van der Waals surface area contributed by atoms with E-state index in [0.29, 0.717) is 16.5 Å². The number of thioether (sulfide) groups is 1. The number of hydrogen-bond acceptors (Lipinski definition) is 6. The zero-order chi connectivity index (χ0) is 16.9. The van der Waals surface area contributed by atoms with Crippen molar-refractivity contribution in [2.24, 2.45) is 0 Å². The van der Waals surface area contributed by atoms with Crippen molar-refractivity contribution in [3.05, 3.63) is 59.7 Å². The number of aromatic nitrogens is 4. The van der Waals surface area contributed by atoms with E-state index in [4.69, 9.17) is 4.74 Å². The number of aryl methyl sites for hydroxylation is 1. The Morgan fingerprint density at radius 3 is 2.83 bits per heavy atom. The van der Waals surface area contributed by atoms with Crippen LogP contribution in [0.1, 0.15) is 15.9 Å². The molecule has 24 heavy (non-hydrogen) atoms. The molecular weight excluding hydrogens is 324 g/mol. The van der Waals surface area contributed by atoms with Gasteiger partial charge in [0.05, 0.1) is 18.6 Å². The molecule has 7 heteroatoms. The number of methoxy groups -OCH3 is 1. The second-order valence-corrected chi connectivity index (χ2v) is 6.10. The fraction of sp³-hybridized carbons (Fsp3) is 0.176. The maximum atomic E-state index is 12.4. The summed E-state index contributed by atoms with van der Waals surface area (Å²) in [5, 5.41) is 12.3. The Hall–Kier alpha value is -2.67. The van der Waals surface area contributed by atoms with Crippen LogP contribution >= 0.6 is 11.8 Å². The van der Waals surface area contributed by atoms with Gasteiger partial charge in [-0.2, -0.15) is 4.68 Å². The molecule has 1 aromatic heterocycles. The molecule has 0 saturated carbocycles. The van der Waals surface area contributed by atoms with Crippen LogP contribution in [-0.4, -0.2) is 38.9 Å². The molecule has 1 heterocycles. The van der Waals surface area contributed by atoms with E-state index in [2.05, 4.69) is 15.5 Å². The molecule has 0 N–H and O–H groups in total. The summed E-state index contributed by atoms with van der Waals surface area (Å²) in [4.78, 5) is 12.4. The average Bonchev–Trinajstić information content (AvgIpc) is 3.08. The van der Waals surface area contributed by atoms with Crippen molar-refractivity contribution in [3.8, 4) is 11.4 Å². The van der Waals surface area contributed by atoms with Crippen molar-refractivity contribution < 1.29 is 9.53 Å². The summed E-state index contributed by atoms with van der Waals surface area (Å²) >= 11 is 1.31. The van der Waals surface area contributed by atoms with Crippen molar-refractivity contribution in [2.75, 3.05) is 12.9 Å². The van der Waals surface area contributed by atoms with Gasteiger partial charge in [0.1, 0.15) is 5.75 Å². The first-order chi connectivity index (χ1) is 11.7. The quantitative estimate of drug-likeness (QED) is 0.507. The standard InChI is InChI=1S/C17H16N4O2S/c1-12-5-3-7-14(9-12)21-17(18-19-20-21)24-11-16(22)13-6-4-8-15(10-13)23-2/h3-10H,11H2,1-2H3. The molecule has 0 amide bonds. The fourth-order valence-corrected chi connectivity index (χ4v) is 2.99. The monoisotopic (exact) mass is 340 g/mol. The first-order valence-corrected chi connectivity index (χ1v) is 8.31. The van der Waals surface area contributed by atoms with E-state index in [1.54, 1.807) is 30.0 Å². The summed E-state index contributed by atoms with van der Waals surface area (Å²) in [6.07, 6.45) is 0. The molecule has 0 bridgehead atoms. The van der Waals surface area contributed by atoms with Crippen molar-refractivity contribution in [1.29, 1.82) is 0 Å². The number of rotatable bonds is 6. The van der Waals surface area contributed by atoms with E-state index in [0.717, 1.165) is 11.3 Å². The Morgan fingerprint density at radius 2 is 2.04 bits per heavy atom. The molecule has 6 nitrogen and oxygen atoms in total. The van der Waals surface area contributed by atoms with Gasteiger partial charge in [-0.3, -0.25) is 4.79 Å². The van der Waals surface area contributed by atoms with E-state index in [1.165, 1.54) is 11.8 Å². The van der Waals surface area contributed by atoms with E-state index in [1.807, 2.05) is 37.3 Å². The van der Waals surface area contributed by atoms with Crippen molar-refractivity contribution in [3.63, 3.8) is 0 Å². The van der Waals surface area contributed by atoms with Crippen LogP contribution in [-0.2, 0) is 0 Å². The maximum absolute atomic E-state index is 12.4. The second-order valence-electron chi connectivity index (χ2n) is 5.16. The number of ketones is 1. The van der Waals surface area contributed by atoms with Gasteiger partial charge >= 0.3 is 0 Å². The normalized spacial score (nSPS) is 10.6. The highest BCUT2D eigenvalue weighted by Crippen LogP contribution is 2.21. The molecule has 0 aliphatic heterocycles. The highest BCUT2D eigenvalue weighted by molar-refractivity contribution is 7.99. The molecule has 0 unspecified atom stereocenters. The number of Topliss-reactive ketones (excluding diaryl/α,β-unsaturated/α-hetero) is 1. The topological polar surface area (TPSA) is 69.9 Å². The third-order valence-corrected chi connectivity index (χ3v) is 4.33. The summed E-state index contributed by atoms with van der Waals surface area (Å²) in [5.41, 5.74) is 2.60. The smallest absolute Gasteiger partial charge is 0.214 e. The largest absolute Gasteiger partial charge is 0.497 e. The van der Waals surface area contributed by atoms with E-state index in [9.17, 15) is 4.79 Å². The van der Waals surface area contributed by atoms with E-state index < -0.39 is 0 Å². The van der Waals surface area contributed by atoms with Crippen LogP contribution in [0.3, 0.4) is 0 Å². The number of carbonyl (C=O) groups excluding carboxylic acids is 1. The van der Waals surface area contributed by atoms with Gasteiger partial charge in [-0.15, -0.1) is 5.10 Å². The number of ether oxygens (including phenoxy) is 1. The molecule has 0 aliphatic carbocycles. The van der Waals surface area contributed by atoms with Crippen LogP contribution in [0.25, 0.3) is 5.69 Å². The molecule has 3 rings (SSSR count). The molecule has 0 aliphatic rings. The van der Waals surface area contributed by atoms with Crippen LogP contribution in [0.2, 0.25) is 0 Å². The Labute approximate surface area is 143 Å². The Balaban J connectivity index is 1.73. The van der Waals surface area contributed by atoms with Crippen LogP contribution in [0, 0.1) is 6.92 Å². The van der Waals surface area contributed by atoms with Gasteiger partial charge in [0.25, 0.3) is 0 Å². The van der Waals surface area contributed by atoms with Gasteiger partial charge in [-0.05, 0) is 47.2 Å². The lowest BCUT2D eigenvalue weighted by Gasteiger charge is -2.05. The van der Waals surface area contributed by atoms with E-state index in [-0.39, 0.29) is 11.5 Å². The fourth-order valence-electron chi connectivity index (χ4n) is 2.20. The van der Waals surface area contributed by atoms with Crippen molar-refractivity contribution in [1.82, 2.24) is 20.2 Å². The highest BCUT2D eigenvalue weighted by Gasteiger charge is 2.13. The van der Waals surface area contributed by atoms with Crippen LogP contribution in [0.15, 0.2) is 53.7 Å². The molecule has 0 saturated heterocycles. The Bertz CT molecular complexity index is 863. The van der Waals surface area contributed by atoms with E-state index >= 15 is 0 Å². The molecule has 0 spiro atoms. The molecule has 0 radical (unpaired) electrons. The molecule has 0 atom stereocenters. The number of benzene rings is 2. The van der Waals surface area contributed by atoms with Crippen LogP contribution in [0.4, 0.5) is 0 Å². The van der Waals surface area contributed by atoms with Gasteiger partial charge in [-0.25, -0.2) is 0 Å². The molecule has 0 fully saturated rings. The molecule has 122 valence electrons. The average molecular weight is 340 g/mol.